The molecule has 0 atom stereocenters. The number of hydrogen-bond donors (Lipinski definition) is 2. The maximum absolute atomic E-state index is 12.3. The Kier molecular flexibility index (Phi) is 3.29. The van der Waals surface area contributed by atoms with Gasteiger partial charge in [0.25, 0.3) is 5.56 Å². The predicted molar refractivity (Wildman–Crippen MR) is 83.3 cm³/mol. The van der Waals surface area contributed by atoms with Gasteiger partial charge in [0.1, 0.15) is 17.3 Å². The zero-order chi connectivity index (χ0) is 15.9. The Hall–Kier alpha value is -2.89. The minimum atomic E-state index is -0.278. The van der Waals surface area contributed by atoms with Gasteiger partial charge in [-0.05, 0) is 37.6 Å². The summed E-state index contributed by atoms with van der Waals surface area (Å²) in [4.78, 5) is 23.7. The summed E-state index contributed by atoms with van der Waals surface area (Å²) in [6, 6.07) is 6.63. The van der Waals surface area contributed by atoms with E-state index in [1.54, 1.807) is 12.1 Å². The number of phenolic OH excluding ortho intramolecular Hbond substituents is 1. The number of fused-ring (bicyclic) bond motifs is 1. The van der Waals surface area contributed by atoms with Crippen molar-refractivity contribution in [2.45, 2.75) is 13.8 Å². The Labute approximate surface area is 126 Å². The Bertz CT molecular complexity index is 932. The summed E-state index contributed by atoms with van der Waals surface area (Å²) in [6.07, 6.45) is 0. The van der Waals surface area contributed by atoms with Crippen LogP contribution in [0, 0.1) is 13.8 Å². The third-order valence-electron chi connectivity index (χ3n) is 3.46. The van der Waals surface area contributed by atoms with Crippen LogP contribution < -0.4 is 10.3 Å². The van der Waals surface area contributed by atoms with Crippen LogP contribution in [0.25, 0.3) is 22.4 Å². The molecule has 0 bridgehead atoms. The molecule has 22 heavy (non-hydrogen) atoms. The van der Waals surface area contributed by atoms with Crippen LogP contribution in [0.5, 0.6) is 11.5 Å². The van der Waals surface area contributed by atoms with Crippen molar-refractivity contribution in [1.82, 2.24) is 15.0 Å². The molecule has 3 rings (SSSR count). The lowest BCUT2D eigenvalue weighted by atomic mass is 10.1. The minimum absolute atomic E-state index is 0.0220. The van der Waals surface area contributed by atoms with E-state index >= 15 is 0 Å². The monoisotopic (exact) mass is 297 g/mol. The van der Waals surface area contributed by atoms with E-state index < -0.39 is 0 Å². The molecule has 2 N–H and O–H groups in total. The SMILES string of the molecule is COc1ccc(-c2nc3nc(C)cc(C)c3c(=O)[nH]2)c(O)c1. The van der Waals surface area contributed by atoms with Crippen LogP contribution in [-0.2, 0) is 0 Å². The maximum atomic E-state index is 12.3. The van der Waals surface area contributed by atoms with Gasteiger partial charge in [-0.25, -0.2) is 9.97 Å². The fourth-order valence-electron chi connectivity index (χ4n) is 2.45. The number of ether oxygens (including phenoxy) is 1. The normalized spacial score (nSPS) is 10.9. The number of nitrogens with one attached hydrogen (secondary N) is 1. The van der Waals surface area contributed by atoms with E-state index in [0.717, 1.165) is 11.3 Å². The van der Waals surface area contributed by atoms with Gasteiger partial charge < -0.3 is 14.8 Å². The zero-order valence-electron chi connectivity index (χ0n) is 12.5. The molecule has 0 saturated heterocycles. The maximum Gasteiger partial charge on any atom is 0.260 e. The molecule has 0 radical (unpaired) electrons. The average molecular weight is 297 g/mol. The fraction of sp³-hybridized carbons (Fsp3) is 0.188. The van der Waals surface area contributed by atoms with Gasteiger partial charge in [0.15, 0.2) is 5.65 Å². The van der Waals surface area contributed by atoms with Crippen molar-refractivity contribution in [3.8, 4) is 22.9 Å². The van der Waals surface area contributed by atoms with Gasteiger partial charge in [0.05, 0.1) is 18.1 Å². The van der Waals surface area contributed by atoms with Crippen molar-refractivity contribution in [3.05, 3.63) is 45.9 Å². The number of aromatic hydroxyl groups is 1. The molecule has 2 aromatic heterocycles. The van der Waals surface area contributed by atoms with Crippen molar-refractivity contribution < 1.29 is 9.84 Å². The number of methoxy groups -OCH3 is 1. The van der Waals surface area contributed by atoms with Crippen LogP contribution in [-0.4, -0.2) is 27.2 Å². The molecule has 1 aromatic carbocycles. The number of rotatable bonds is 2. The number of H-pyrrole nitrogens is 1. The second-order valence-electron chi connectivity index (χ2n) is 5.08. The van der Waals surface area contributed by atoms with Gasteiger partial charge in [-0.2, -0.15) is 0 Å². The van der Waals surface area contributed by atoms with Crippen molar-refractivity contribution in [2.75, 3.05) is 7.11 Å². The molecule has 0 amide bonds. The van der Waals surface area contributed by atoms with Crippen LogP contribution in [0.3, 0.4) is 0 Å². The number of pyridine rings is 1. The first-order valence-corrected chi connectivity index (χ1v) is 6.75. The molecule has 0 aliphatic carbocycles. The number of aryl methyl sites for hydroxylation is 2. The molecule has 2 heterocycles. The lowest BCUT2D eigenvalue weighted by Crippen LogP contribution is -2.12. The Morgan fingerprint density at radius 1 is 1.18 bits per heavy atom. The van der Waals surface area contributed by atoms with Crippen LogP contribution >= 0.6 is 0 Å². The second kappa shape index (κ2) is 5.14. The first-order valence-electron chi connectivity index (χ1n) is 6.75. The van der Waals surface area contributed by atoms with E-state index in [1.165, 1.54) is 13.2 Å². The van der Waals surface area contributed by atoms with Crippen LogP contribution in [0.1, 0.15) is 11.3 Å². The third-order valence-corrected chi connectivity index (χ3v) is 3.46. The lowest BCUT2D eigenvalue weighted by Gasteiger charge is -2.08. The van der Waals surface area contributed by atoms with Crippen LogP contribution in [0.15, 0.2) is 29.1 Å². The first-order chi connectivity index (χ1) is 10.5. The highest BCUT2D eigenvalue weighted by Crippen LogP contribution is 2.30. The largest absolute Gasteiger partial charge is 0.507 e. The number of aromatic nitrogens is 3. The molecule has 0 spiro atoms. The van der Waals surface area contributed by atoms with Crippen LogP contribution in [0.4, 0.5) is 0 Å². The van der Waals surface area contributed by atoms with E-state index in [2.05, 4.69) is 15.0 Å². The van der Waals surface area contributed by atoms with Gasteiger partial charge in [-0.3, -0.25) is 4.79 Å². The van der Waals surface area contributed by atoms with Crippen LogP contribution in [0.2, 0.25) is 0 Å². The van der Waals surface area contributed by atoms with Crippen molar-refractivity contribution in [3.63, 3.8) is 0 Å². The van der Waals surface area contributed by atoms with Gasteiger partial charge in [0.2, 0.25) is 0 Å². The van der Waals surface area contributed by atoms with E-state index in [-0.39, 0.29) is 17.1 Å². The van der Waals surface area contributed by atoms with Crippen molar-refractivity contribution in [1.29, 1.82) is 0 Å². The second-order valence-corrected chi connectivity index (χ2v) is 5.08. The molecule has 0 saturated carbocycles. The van der Waals surface area contributed by atoms with E-state index in [1.807, 2.05) is 19.9 Å². The molecule has 0 aliphatic heterocycles. The number of nitrogens with zero attached hydrogens (tertiary/aromatic N) is 2. The Morgan fingerprint density at radius 2 is 1.95 bits per heavy atom. The summed E-state index contributed by atoms with van der Waals surface area (Å²) in [5, 5.41) is 10.5. The Morgan fingerprint density at radius 3 is 2.64 bits per heavy atom. The van der Waals surface area contributed by atoms with Gasteiger partial charge >= 0.3 is 0 Å². The van der Waals surface area contributed by atoms with Gasteiger partial charge in [-0.1, -0.05) is 0 Å². The average Bonchev–Trinajstić information content (AvgIpc) is 2.45. The molecule has 0 fully saturated rings. The molecule has 0 aliphatic rings. The predicted octanol–water partition coefficient (Wildman–Crippen LogP) is 2.32. The molecule has 6 heteroatoms. The van der Waals surface area contributed by atoms with Gasteiger partial charge in [-0.15, -0.1) is 0 Å². The van der Waals surface area contributed by atoms with Crippen molar-refractivity contribution >= 4 is 11.0 Å². The summed E-state index contributed by atoms with van der Waals surface area (Å²) in [5.74, 6) is 0.774. The first kappa shape index (κ1) is 14.1. The summed E-state index contributed by atoms with van der Waals surface area (Å²) < 4.78 is 5.05. The van der Waals surface area contributed by atoms with E-state index in [0.29, 0.717) is 22.3 Å². The molecular formula is C16H15N3O3. The standard InChI is InChI=1S/C16H15N3O3/c1-8-6-9(2)17-15-13(8)16(21)19-14(18-15)11-5-4-10(22-3)7-12(11)20/h4-7,20H,1-3H3,(H,17,18,19,21). The molecular weight excluding hydrogens is 282 g/mol. The number of aromatic amines is 1. The number of benzene rings is 1. The van der Waals surface area contributed by atoms with Crippen molar-refractivity contribution in [2.24, 2.45) is 0 Å². The van der Waals surface area contributed by atoms with E-state index in [4.69, 9.17) is 4.74 Å². The van der Waals surface area contributed by atoms with Gasteiger partial charge in [0, 0.05) is 11.8 Å². The quantitative estimate of drug-likeness (QED) is 0.758. The summed E-state index contributed by atoms with van der Waals surface area (Å²) >= 11 is 0. The smallest absolute Gasteiger partial charge is 0.260 e. The highest BCUT2D eigenvalue weighted by atomic mass is 16.5. The minimum Gasteiger partial charge on any atom is -0.507 e. The molecule has 0 unspecified atom stereocenters. The highest BCUT2D eigenvalue weighted by molar-refractivity contribution is 5.80. The highest BCUT2D eigenvalue weighted by Gasteiger charge is 2.13. The summed E-state index contributed by atoms with van der Waals surface area (Å²) in [6.45, 7) is 3.69. The zero-order valence-corrected chi connectivity index (χ0v) is 12.5. The molecule has 6 nitrogen and oxygen atoms in total. The third kappa shape index (κ3) is 2.28. The molecule has 3 aromatic rings. The topological polar surface area (TPSA) is 88.1 Å². The lowest BCUT2D eigenvalue weighted by molar-refractivity contribution is 0.408. The van der Waals surface area contributed by atoms with E-state index in [9.17, 15) is 9.90 Å². The Balaban J connectivity index is 2.27. The fourth-order valence-corrected chi connectivity index (χ4v) is 2.45. The molecule has 112 valence electrons. The number of phenols is 1. The number of hydrogen-bond acceptors (Lipinski definition) is 5. The summed E-state index contributed by atoms with van der Waals surface area (Å²) in [7, 11) is 1.51. The summed E-state index contributed by atoms with van der Waals surface area (Å²) in [5.41, 5.74) is 2.11.